The first-order chi connectivity index (χ1) is 14.4. The van der Waals surface area contributed by atoms with Crippen molar-refractivity contribution in [1.29, 1.82) is 0 Å². The van der Waals surface area contributed by atoms with Gasteiger partial charge in [0.1, 0.15) is 4.66 Å². The third-order valence-corrected chi connectivity index (χ3v) is 7.37. The van der Waals surface area contributed by atoms with E-state index in [2.05, 4.69) is 15.9 Å². The van der Waals surface area contributed by atoms with E-state index in [0.717, 1.165) is 0 Å². The topological polar surface area (TPSA) is 96.0 Å². The average molecular weight is 497 g/mol. The number of hydrogen-bond acceptors (Lipinski definition) is 7. The minimum absolute atomic E-state index is 0.0379. The molecule has 0 spiro atoms. The standard InChI is InChI=1S/C21H21BrO7S/c22-14-30(25,26)29-19-11-17(12-27-20(23)15-7-3-1-4-8-15)18(19)13-28-21(24)16-9-5-2-6-10-16/h1-10,17-19H,11-14H2. The number of alkyl halides is 1. The van der Waals surface area contributed by atoms with Gasteiger partial charge in [0.25, 0.3) is 10.1 Å². The van der Waals surface area contributed by atoms with E-state index in [1.165, 1.54) is 0 Å². The highest BCUT2D eigenvalue weighted by atomic mass is 79.9. The van der Waals surface area contributed by atoms with Crippen molar-refractivity contribution in [3.63, 3.8) is 0 Å². The number of rotatable bonds is 9. The predicted octanol–water partition coefficient (Wildman–Crippen LogP) is 3.40. The molecular weight excluding hydrogens is 476 g/mol. The minimum Gasteiger partial charge on any atom is -0.462 e. The fraction of sp³-hybridized carbons (Fsp3) is 0.333. The van der Waals surface area contributed by atoms with Crippen LogP contribution in [0, 0.1) is 11.8 Å². The summed E-state index contributed by atoms with van der Waals surface area (Å²) in [6.45, 7) is 0.0409. The molecule has 1 fully saturated rings. The number of halogens is 1. The quantitative estimate of drug-likeness (QED) is 0.298. The maximum absolute atomic E-state index is 12.2. The minimum atomic E-state index is -3.73. The number of ether oxygens (including phenoxy) is 2. The summed E-state index contributed by atoms with van der Waals surface area (Å²) in [4.78, 5) is 24.4. The molecule has 160 valence electrons. The van der Waals surface area contributed by atoms with Gasteiger partial charge in [0.2, 0.25) is 0 Å². The molecule has 7 nitrogen and oxygen atoms in total. The molecule has 3 atom stereocenters. The smallest absolute Gasteiger partial charge is 0.338 e. The number of hydrogen-bond donors (Lipinski definition) is 0. The molecule has 3 rings (SSSR count). The first kappa shape index (κ1) is 22.5. The van der Waals surface area contributed by atoms with Crippen molar-refractivity contribution < 1.29 is 31.7 Å². The maximum atomic E-state index is 12.2. The van der Waals surface area contributed by atoms with Gasteiger partial charge >= 0.3 is 11.9 Å². The fourth-order valence-electron chi connectivity index (χ4n) is 3.19. The van der Waals surface area contributed by atoms with Crippen molar-refractivity contribution in [2.24, 2.45) is 11.8 Å². The Bertz CT molecular complexity index is 963. The molecule has 2 aromatic carbocycles. The van der Waals surface area contributed by atoms with E-state index in [9.17, 15) is 18.0 Å². The Morgan fingerprint density at radius 1 is 0.867 bits per heavy atom. The van der Waals surface area contributed by atoms with Crippen molar-refractivity contribution in [1.82, 2.24) is 0 Å². The highest BCUT2D eigenvalue weighted by molar-refractivity contribution is 9.10. The van der Waals surface area contributed by atoms with E-state index in [-0.39, 0.29) is 23.8 Å². The predicted molar refractivity (Wildman–Crippen MR) is 113 cm³/mol. The highest BCUT2D eigenvalue weighted by Crippen LogP contribution is 2.39. The van der Waals surface area contributed by atoms with Crippen LogP contribution in [0.15, 0.2) is 60.7 Å². The van der Waals surface area contributed by atoms with Crippen molar-refractivity contribution in [3.8, 4) is 0 Å². The van der Waals surface area contributed by atoms with E-state index in [0.29, 0.717) is 17.5 Å². The van der Waals surface area contributed by atoms with E-state index in [1.807, 2.05) is 0 Å². The molecule has 1 aliphatic rings. The highest BCUT2D eigenvalue weighted by Gasteiger charge is 2.45. The Morgan fingerprint density at radius 2 is 1.37 bits per heavy atom. The van der Waals surface area contributed by atoms with Crippen LogP contribution in [0.2, 0.25) is 0 Å². The van der Waals surface area contributed by atoms with Crippen LogP contribution < -0.4 is 0 Å². The zero-order valence-electron chi connectivity index (χ0n) is 16.0. The lowest BCUT2D eigenvalue weighted by Gasteiger charge is -2.42. The van der Waals surface area contributed by atoms with Gasteiger partial charge in [0, 0.05) is 11.8 Å². The lowest BCUT2D eigenvalue weighted by Crippen LogP contribution is -2.49. The Balaban J connectivity index is 1.60. The summed E-state index contributed by atoms with van der Waals surface area (Å²) in [6.07, 6.45) is -0.265. The molecule has 0 saturated heterocycles. The molecule has 1 saturated carbocycles. The summed E-state index contributed by atoms with van der Waals surface area (Å²) >= 11 is 2.89. The van der Waals surface area contributed by atoms with Gasteiger partial charge in [-0.15, -0.1) is 0 Å². The van der Waals surface area contributed by atoms with Crippen molar-refractivity contribution in [3.05, 3.63) is 71.8 Å². The number of benzene rings is 2. The molecule has 3 unspecified atom stereocenters. The van der Waals surface area contributed by atoms with Crippen LogP contribution in [0.25, 0.3) is 0 Å². The summed E-state index contributed by atoms with van der Waals surface area (Å²) in [5.74, 6) is -1.57. The Labute approximate surface area is 183 Å². The second kappa shape index (κ2) is 10.2. The molecule has 0 aliphatic heterocycles. The van der Waals surface area contributed by atoms with Gasteiger partial charge in [-0.05, 0) is 30.7 Å². The molecule has 2 aromatic rings. The summed E-state index contributed by atoms with van der Waals surface area (Å²) < 4.78 is 39.2. The Kier molecular flexibility index (Phi) is 7.63. The van der Waals surface area contributed by atoms with Crippen LogP contribution in [-0.2, 0) is 23.8 Å². The second-order valence-electron chi connectivity index (χ2n) is 6.89. The Hall–Kier alpha value is -2.23. The zero-order valence-corrected chi connectivity index (χ0v) is 18.4. The zero-order chi connectivity index (χ0) is 21.6. The van der Waals surface area contributed by atoms with Crippen LogP contribution in [0.1, 0.15) is 27.1 Å². The van der Waals surface area contributed by atoms with Gasteiger partial charge in [-0.2, -0.15) is 8.42 Å². The monoisotopic (exact) mass is 496 g/mol. The van der Waals surface area contributed by atoms with E-state index in [4.69, 9.17) is 13.7 Å². The molecule has 0 bridgehead atoms. The summed E-state index contributed by atoms with van der Waals surface area (Å²) in [5, 5.41) is 0. The number of carbonyl (C=O) groups excluding carboxylic acids is 2. The number of esters is 2. The van der Waals surface area contributed by atoms with E-state index < -0.39 is 34.1 Å². The molecule has 9 heteroatoms. The van der Waals surface area contributed by atoms with E-state index >= 15 is 0 Å². The second-order valence-corrected chi connectivity index (χ2v) is 9.79. The molecule has 0 radical (unpaired) electrons. The van der Waals surface area contributed by atoms with E-state index in [1.54, 1.807) is 60.7 Å². The SMILES string of the molecule is O=C(OCC1CC(OS(=O)(=O)CBr)C1COC(=O)c1ccccc1)c1ccccc1. The van der Waals surface area contributed by atoms with Crippen molar-refractivity contribution >= 4 is 38.0 Å². The first-order valence-electron chi connectivity index (χ1n) is 9.31. The van der Waals surface area contributed by atoms with Crippen LogP contribution in [0.4, 0.5) is 0 Å². The lowest BCUT2D eigenvalue weighted by atomic mass is 9.72. The summed E-state index contributed by atoms with van der Waals surface area (Å²) in [5.41, 5.74) is 0.827. The average Bonchev–Trinajstić information content (AvgIpc) is 2.76. The maximum Gasteiger partial charge on any atom is 0.338 e. The third kappa shape index (κ3) is 5.90. The van der Waals surface area contributed by atoms with Crippen LogP contribution >= 0.6 is 15.9 Å². The van der Waals surface area contributed by atoms with Crippen molar-refractivity contribution in [2.45, 2.75) is 12.5 Å². The van der Waals surface area contributed by atoms with Gasteiger partial charge in [0.15, 0.2) is 0 Å². The van der Waals surface area contributed by atoms with Crippen LogP contribution in [0.5, 0.6) is 0 Å². The largest absolute Gasteiger partial charge is 0.462 e. The summed E-state index contributed by atoms with van der Waals surface area (Å²) in [6, 6.07) is 17.1. The molecular formula is C21H21BrO7S. The molecule has 0 aromatic heterocycles. The summed E-state index contributed by atoms with van der Waals surface area (Å²) in [7, 11) is -3.73. The normalized spacial score (nSPS) is 20.8. The number of carbonyl (C=O) groups is 2. The van der Waals surface area contributed by atoms with Gasteiger partial charge in [0.05, 0.1) is 30.4 Å². The molecule has 30 heavy (non-hydrogen) atoms. The molecule has 1 aliphatic carbocycles. The fourth-order valence-corrected chi connectivity index (χ4v) is 4.16. The van der Waals surface area contributed by atoms with Gasteiger partial charge in [-0.3, -0.25) is 4.18 Å². The molecule has 0 N–H and O–H groups in total. The van der Waals surface area contributed by atoms with Gasteiger partial charge in [-0.1, -0.05) is 52.3 Å². The Morgan fingerprint density at radius 3 is 1.87 bits per heavy atom. The third-order valence-electron chi connectivity index (χ3n) is 4.88. The van der Waals surface area contributed by atoms with Crippen LogP contribution in [0.3, 0.4) is 0 Å². The first-order valence-corrected chi connectivity index (χ1v) is 12.0. The van der Waals surface area contributed by atoms with Gasteiger partial charge < -0.3 is 9.47 Å². The van der Waals surface area contributed by atoms with Crippen molar-refractivity contribution in [2.75, 3.05) is 17.9 Å². The van der Waals surface area contributed by atoms with Crippen LogP contribution in [-0.4, -0.2) is 44.3 Å². The lowest BCUT2D eigenvalue weighted by molar-refractivity contribution is -0.0704. The van der Waals surface area contributed by atoms with Gasteiger partial charge in [-0.25, -0.2) is 9.59 Å². The molecule has 0 heterocycles. The molecule has 0 amide bonds.